The molecule has 3 aromatic heterocycles. The maximum Gasteiger partial charge on any atom is 0.208 e. The molecule has 0 bridgehead atoms. The van der Waals surface area contributed by atoms with E-state index in [1.165, 1.54) is 0 Å². The summed E-state index contributed by atoms with van der Waals surface area (Å²) in [6.07, 6.45) is 6.43. The molecule has 3 aromatic rings. The molecule has 0 fully saturated rings. The summed E-state index contributed by atoms with van der Waals surface area (Å²) in [6, 6.07) is 5.56. The Labute approximate surface area is 115 Å². The molecule has 0 amide bonds. The van der Waals surface area contributed by atoms with Crippen molar-refractivity contribution in [3.05, 3.63) is 36.9 Å². The first-order valence-electron chi connectivity index (χ1n) is 6.06. The van der Waals surface area contributed by atoms with Crippen LogP contribution in [0.1, 0.15) is 0 Å². The zero-order chi connectivity index (χ0) is 14.2. The maximum atomic E-state index is 11.0. The zero-order valence-electron chi connectivity index (χ0n) is 10.9. The molecule has 3 heterocycles. The quantitative estimate of drug-likeness (QED) is 0.759. The van der Waals surface area contributed by atoms with Gasteiger partial charge in [-0.05, 0) is 12.1 Å². The Hall–Kier alpha value is -2.06. The van der Waals surface area contributed by atoms with Crippen LogP contribution < -0.4 is 4.72 Å². The molecule has 0 aliphatic heterocycles. The molecule has 0 unspecified atom stereocenters. The van der Waals surface area contributed by atoms with E-state index in [0.29, 0.717) is 18.8 Å². The third-order valence-corrected chi connectivity index (χ3v) is 3.62. The predicted octanol–water partition coefficient (Wildman–Crippen LogP) is 0.945. The Bertz CT molecular complexity index is 814. The first-order chi connectivity index (χ1) is 9.53. The van der Waals surface area contributed by atoms with Gasteiger partial charge in [-0.25, -0.2) is 17.7 Å². The summed E-state index contributed by atoms with van der Waals surface area (Å²) >= 11 is 0. The second kappa shape index (κ2) is 4.80. The van der Waals surface area contributed by atoms with Crippen molar-refractivity contribution in [1.29, 1.82) is 0 Å². The molecule has 7 nitrogen and oxygen atoms in total. The minimum absolute atomic E-state index is 0.338. The third kappa shape index (κ3) is 2.61. The minimum atomic E-state index is -3.16. The van der Waals surface area contributed by atoms with E-state index in [9.17, 15) is 8.42 Å². The second-order valence-corrected chi connectivity index (χ2v) is 6.30. The second-order valence-electron chi connectivity index (χ2n) is 4.47. The smallest absolute Gasteiger partial charge is 0.208 e. The molecule has 0 radical (unpaired) electrons. The number of fused-ring (bicyclic) bond motifs is 1. The van der Waals surface area contributed by atoms with Crippen LogP contribution in [-0.2, 0) is 16.6 Å². The van der Waals surface area contributed by atoms with Gasteiger partial charge in [0, 0.05) is 31.5 Å². The Morgan fingerprint density at radius 1 is 1.40 bits per heavy atom. The molecule has 3 rings (SSSR count). The molecule has 20 heavy (non-hydrogen) atoms. The highest BCUT2D eigenvalue weighted by Crippen LogP contribution is 2.20. The van der Waals surface area contributed by atoms with Gasteiger partial charge in [-0.1, -0.05) is 0 Å². The van der Waals surface area contributed by atoms with Gasteiger partial charge in [0.05, 0.1) is 12.5 Å². The maximum absolute atomic E-state index is 11.0. The molecule has 0 saturated carbocycles. The molecule has 0 saturated heterocycles. The number of hydrogen-bond acceptors (Lipinski definition) is 4. The van der Waals surface area contributed by atoms with Crippen LogP contribution in [0.3, 0.4) is 0 Å². The van der Waals surface area contributed by atoms with E-state index in [1.54, 1.807) is 10.8 Å². The monoisotopic (exact) mass is 294 g/mol. The summed E-state index contributed by atoms with van der Waals surface area (Å²) in [4.78, 5) is 0. The van der Waals surface area contributed by atoms with Gasteiger partial charge in [0.2, 0.25) is 10.0 Å². The van der Waals surface area contributed by atoms with E-state index in [4.69, 9.17) is 4.42 Å². The van der Waals surface area contributed by atoms with E-state index in [0.717, 1.165) is 17.6 Å². The number of imidazole rings is 1. The number of nitrogens with zero attached hydrogens (tertiary/aromatic N) is 3. The lowest BCUT2D eigenvalue weighted by molar-refractivity contribution is 0.579. The number of sulfonamides is 1. The van der Waals surface area contributed by atoms with Crippen molar-refractivity contribution < 1.29 is 12.8 Å². The molecular weight excluding hydrogens is 280 g/mol. The highest BCUT2D eigenvalue weighted by molar-refractivity contribution is 7.88. The highest BCUT2D eigenvalue weighted by atomic mass is 32.2. The van der Waals surface area contributed by atoms with Crippen LogP contribution in [0.15, 0.2) is 41.3 Å². The topological polar surface area (TPSA) is 81.5 Å². The summed E-state index contributed by atoms with van der Waals surface area (Å²) in [5.41, 5.74) is 1.63. The zero-order valence-corrected chi connectivity index (χ0v) is 11.7. The third-order valence-electron chi connectivity index (χ3n) is 2.89. The normalized spacial score (nSPS) is 12.2. The van der Waals surface area contributed by atoms with Crippen molar-refractivity contribution in [2.24, 2.45) is 0 Å². The van der Waals surface area contributed by atoms with E-state index in [2.05, 4.69) is 9.82 Å². The van der Waals surface area contributed by atoms with Crippen molar-refractivity contribution in [1.82, 2.24) is 18.9 Å². The van der Waals surface area contributed by atoms with Crippen LogP contribution in [0.25, 0.3) is 17.1 Å². The Morgan fingerprint density at radius 2 is 2.25 bits per heavy atom. The Kier molecular flexibility index (Phi) is 3.11. The van der Waals surface area contributed by atoms with E-state index >= 15 is 0 Å². The lowest BCUT2D eigenvalue weighted by Crippen LogP contribution is -2.25. The predicted molar refractivity (Wildman–Crippen MR) is 73.7 cm³/mol. The lowest BCUT2D eigenvalue weighted by atomic mass is 10.3. The Morgan fingerprint density at radius 3 is 2.95 bits per heavy atom. The van der Waals surface area contributed by atoms with Crippen LogP contribution >= 0.6 is 0 Å². The highest BCUT2D eigenvalue weighted by Gasteiger charge is 2.10. The lowest BCUT2D eigenvalue weighted by Gasteiger charge is -2.03. The molecular formula is C12H14N4O3S. The molecule has 106 valence electrons. The minimum Gasteiger partial charge on any atom is -0.463 e. The number of nitrogens with one attached hydrogen (secondary N) is 1. The van der Waals surface area contributed by atoms with Crippen molar-refractivity contribution in [3.63, 3.8) is 0 Å². The average molecular weight is 294 g/mol. The van der Waals surface area contributed by atoms with E-state index < -0.39 is 10.0 Å². The fourth-order valence-electron chi connectivity index (χ4n) is 2.01. The van der Waals surface area contributed by atoms with Crippen LogP contribution in [-0.4, -0.2) is 35.4 Å². The van der Waals surface area contributed by atoms with Gasteiger partial charge in [0.25, 0.3) is 0 Å². The summed E-state index contributed by atoms with van der Waals surface area (Å²) in [5, 5.41) is 4.40. The number of rotatable bonds is 5. The van der Waals surface area contributed by atoms with Crippen LogP contribution in [0.4, 0.5) is 0 Å². The van der Waals surface area contributed by atoms with Gasteiger partial charge >= 0.3 is 0 Å². The van der Waals surface area contributed by atoms with Crippen molar-refractivity contribution >= 4 is 15.7 Å². The van der Waals surface area contributed by atoms with Crippen LogP contribution in [0, 0.1) is 0 Å². The summed E-state index contributed by atoms with van der Waals surface area (Å²) in [7, 11) is -3.16. The molecule has 0 aromatic carbocycles. The molecule has 0 spiro atoms. The summed E-state index contributed by atoms with van der Waals surface area (Å²) < 4.78 is 33.5. The van der Waals surface area contributed by atoms with Gasteiger partial charge in [-0.3, -0.25) is 0 Å². The molecule has 1 N–H and O–H groups in total. The average Bonchev–Trinajstić information content (AvgIpc) is 3.01. The number of hydrogen-bond donors (Lipinski definition) is 1. The van der Waals surface area contributed by atoms with Crippen LogP contribution in [0.2, 0.25) is 0 Å². The standard InChI is InChI=1S/C12H14N4O3S/c1-20(17,18)13-4-5-15-6-7-16-12(15)9-10(14-16)11-3-2-8-19-11/h2-3,6-9,13H,4-5H2,1H3. The van der Waals surface area contributed by atoms with Gasteiger partial charge in [-0.2, -0.15) is 5.10 Å². The molecule has 8 heteroatoms. The largest absolute Gasteiger partial charge is 0.463 e. The van der Waals surface area contributed by atoms with Crippen molar-refractivity contribution in [3.8, 4) is 11.5 Å². The van der Waals surface area contributed by atoms with Crippen molar-refractivity contribution in [2.45, 2.75) is 6.54 Å². The van der Waals surface area contributed by atoms with Crippen molar-refractivity contribution in [2.75, 3.05) is 12.8 Å². The van der Waals surface area contributed by atoms with E-state index in [1.807, 2.05) is 35.2 Å². The molecule has 0 aliphatic carbocycles. The molecule has 0 atom stereocenters. The Balaban J connectivity index is 1.82. The van der Waals surface area contributed by atoms with Gasteiger partial charge in [0.1, 0.15) is 11.3 Å². The van der Waals surface area contributed by atoms with Gasteiger partial charge in [0.15, 0.2) is 5.76 Å². The fraction of sp³-hybridized carbons (Fsp3) is 0.250. The summed E-state index contributed by atoms with van der Waals surface area (Å²) in [5.74, 6) is 0.703. The van der Waals surface area contributed by atoms with E-state index in [-0.39, 0.29) is 0 Å². The summed E-state index contributed by atoms with van der Waals surface area (Å²) in [6.45, 7) is 0.872. The van der Waals surface area contributed by atoms with Gasteiger partial charge < -0.3 is 8.98 Å². The number of furan rings is 1. The van der Waals surface area contributed by atoms with Gasteiger partial charge in [-0.15, -0.1) is 0 Å². The first kappa shape index (κ1) is 12.9. The SMILES string of the molecule is CS(=O)(=O)NCCn1ccn2nc(-c3ccco3)cc12. The first-order valence-corrected chi connectivity index (χ1v) is 7.95. The number of aromatic nitrogens is 3. The van der Waals surface area contributed by atoms with Crippen LogP contribution in [0.5, 0.6) is 0 Å². The fourth-order valence-corrected chi connectivity index (χ4v) is 2.48. The molecule has 0 aliphatic rings.